The van der Waals surface area contributed by atoms with E-state index in [9.17, 15) is 0 Å². The molecule has 0 amide bonds. The molecule has 0 fully saturated rings. The van der Waals surface area contributed by atoms with E-state index in [4.69, 9.17) is 22.1 Å². The SMILES string of the molecule is COCCn1ncc(Cl)c1C(N)c1csc2ccccc12. The summed E-state index contributed by atoms with van der Waals surface area (Å²) in [4.78, 5) is 0. The van der Waals surface area contributed by atoms with Crippen molar-refractivity contribution in [1.82, 2.24) is 9.78 Å². The Morgan fingerprint density at radius 3 is 3.05 bits per heavy atom. The van der Waals surface area contributed by atoms with Crippen LogP contribution in [0.2, 0.25) is 5.02 Å². The van der Waals surface area contributed by atoms with Crippen molar-refractivity contribution >= 4 is 33.0 Å². The Labute approximate surface area is 132 Å². The lowest BCUT2D eigenvalue weighted by molar-refractivity contribution is 0.182. The Kier molecular flexibility index (Phi) is 4.26. The first kappa shape index (κ1) is 14.5. The number of hydrogen-bond acceptors (Lipinski definition) is 4. The van der Waals surface area contributed by atoms with Gasteiger partial charge in [-0.15, -0.1) is 11.3 Å². The molecule has 0 aliphatic rings. The Balaban J connectivity index is 2.02. The predicted octanol–water partition coefficient (Wildman–Crippen LogP) is 3.45. The van der Waals surface area contributed by atoms with Gasteiger partial charge in [-0.2, -0.15) is 5.10 Å². The number of methoxy groups -OCH3 is 1. The van der Waals surface area contributed by atoms with Gasteiger partial charge in [-0.25, -0.2) is 0 Å². The van der Waals surface area contributed by atoms with Gasteiger partial charge in [0, 0.05) is 11.8 Å². The minimum absolute atomic E-state index is 0.298. The highest BCUT2D eigenvalue weighted by Gasteiger charge is 2.21. The van der Waals surface area contributed by atoms with Crippen LogP contribution in [0, 0.1) is 0 Å². The fourth-order valence-electron chi connectivity index (χ4n) is 2.42. The zero-order valence-electron chi connectivity index (χ0n) is 11.6. The van der Waals surface area contributed by atoms with Gasteiger partial charge < -0.3 is 10.5 Å². The number of aromatic nitrogens is 2. The van der Waals surface area contributed by atoms with Gasteiger partial charge in [-0.05, 0) is 22.4 Å². The lowest BCUT2D eigenvalue weighted by Gasteiger charge is -2.14. The summed E-state index contributed by atoms with van der Waals surface area (Å²) < 4.78 is 8.15. The Hall–Kier alpha value is -1.40. The molecule has 2 heterocycles. The minimum atomic E-state index is -0.298. The van der Waals surface area contributed by atoms with Crippen molar-refractivity contribution in [1.29, 1.82) is 0 Å². The summed E-state index contributed by atoms with van der Waals surface area (Å²) in [7, 11) is 1.66. The highest BCUT2D eigenvalue weighted by Crippen LogP contribution is 2.34. The molecule has 1 aromatic carbocycles. The summed E-state index contributed by atoms with van der Waals surface area (Å²) in [6, 6.07) is 7.94. The summed E-state index contributed by atoms with van der Waals surface area (Å²) in [6.45, 7) is 1.20. The maximum Gasteiger partial charge on any atom is 0.0837 e. The van der Waals surface area contributed by atoms with Crippen molar-refractivity contribution in [3.8, 4) is 0 Å². The molecule has 1 unspecified atom stereocenters. The van der Waals surface area contributed by atoms with E-state index in [0.29, 0.717) is 18.2 Å². The summed E-state index contributed by atoms with van der Waals surface area (Å²) in [5, 5.41) is 8.15. The van der Waals surface area contributed by atoms with Crippen LogP contribution in [0.15, 0.2) is 35.8 Å². The van der Waals surface area contributed by atoms with Crippen LogP contribution in [0.3, 0.4) is 0 Å². The number of halogens is 1. The number of rotatable bonds is 5. The van der Waals surface area contributed by atoms with E-state index >= 15 is 0 Å². The van der Waals surface area contributed by atoms with Crippen LogP contribution >= 0.6 is 22.9 Å². The van der Waals surface area contributed by atoms with Crippen molar-refractivity contribution in [2.75, 3.05) is 13.7 Å². The van der Waals surface area contributed by atoms with Crippen LogP contribution in [0.1, 0.15) is 17.3 Å². The van der Waals surface area contributed by atoms with Crippen molar-refractivity contribution < 1.29 is 4.74 Å². The molecule has 0 radical (unpaired) electrons. The molecular formula is C15H16ClN3OS. The van der Waals surface area contributed by atoms with Crippen molar-refractivity contribution in [3.63, 3.8) is 0 Å². The maximum absolute atomic E-state index is 6.47. The molecule has 4 nitrogen and oxygen atoms in total. The van der Waals surface area contributed by atoms with E-state index in [1.165, 1.54) is 10.1 Å². The van der Waals surface area contributed by atoms with Crippen LogP contribution in [0.4, 0.5) is 0 Å². The smallest absolute Gasteiger partial charge is 0.0837 e. The maximum atomic E-state index is 6.47. The highest BCUT2D eigenvalue weighted by atomic mass is 35.5. The number of thiophene rings is 1. The fourth-order valence-corrected chi connectivity index (χ4v) is 3.68. The van der Waals surface area contributed by atoms with Crippen LogP contribution in [0.5, 0.6) is 0 Å². The van der Waals surface area contributed by atoms with Gasteiger partial charge >= 0.3 is 0 Å². The normalized spacial score (nSPS) is 12.9. The third-order valence-electron chi connectivity index (χ3n) is 3.48. The molecule has 0 bridgehead atoms. The van der Waals surface area contributed by atoms with Gasteiger partial charge in [0.25, 0.3) is 0 Å². The number of ether oxygens (including phenoxy) is 1. The lowest BCUT2D eigenvalue weighted by atomic mass is 10.0. The standard InChI is InChI=1S/C15H16ClN3OS/c1-20-7-6-19-15(12(16)8-18-19)14(17)11-9-21-13-5-3-2-4-10(11)13/h2-5,8-9,14H,6-7,17H2,1H3. The largest absolute Gasteiger partial charge is 0.383 e. The van der Waals surface area contributed by atoms with Gasteiger partial charge in [0.05, 0.1) is 36.1 Å². The van der Waals surface area contributed by atoms with E-state index in [-0.39, 0.29) is 6.04 Å². The average Bonchev–Trinajstić information content (AvgIpc) is 3.08. The van der Waals surface area contributed by atoms with Gasteiger partial charge in [0.15, 0.2) is 0 Å². The van der Waals surface area contributed by atoms with Crippen molar-refractivity contribution in [3.05, 3.63) is 52.1 Å². The van der Waals surface area contributed by atoms with E-state index in [1.54, 1.807) is 24.6 Å². The van der Waals surface area contributed by atoms with Crippen LogP contribution in [-0.4, -0.2) is 23.5 Å². The minimum Gasteiger partial charge on any atom is -0.383 e. The van der Waals surface area contributed by atoms with Crippen LogP contribution < -0.4 is 5.73 Å². The summed E-state index contributed by atoms with van der Waals surface area (Å²) in [6.07, 6.45) is 1.64. The monoisotopic (exact) mass is 321 g/mol. The predicted molar refractivity (Wildman–Crippen MR) is 87.0 cm³/mol. The molecule has 2 N–H and O–H groups in total. The molecule has 0 saturated carbocycles. The Morgan fingerprint density at radius 2 is 2.24 bits per heavy atom. The second-order valence-corrected chi connectivity index (χ2v) is 6.08. The second-order valence-electron chi connectivity index (χ2n) is 4.76. The van der Waals surface area contributed by atoms with E-state index in [0.717, 1.165) is 11.3 Å². The molecule has 0 spiro atoms. The summed E-state index contributed by atoms with van der Waals surface area (Å²) in [5.74, 6) is 0. The Bertz CT molecular complexity index is 752. The second kappa shape index (κ2) is 6.15. The molecule has 110 valence electrons. The molecule has 21 heavy (non-hydrogen) atoms. The van der Waals surface area contributed by atoms with Crippen LogP contribution in [0.25, 0.3) is 10.1 Å². The zero-order chi connectivity index (χ0) is 14.8. The number of fused-ring (bicyclic) bond motifs is 1. The van der Waals surface area contributed by atoms with Gasteiger partial charge in [-0.3, -0.25) is 4.68 Å². The molecule has 3 rings (SSSR count). The topological polar surface area (TPSA) is 53.1 Å². The first-order chi connectivity index (χ1) is 10.2. The Morgan fingerprint density at radius 1 is 1.43 bits per heavy atom. The van der Waals surface area contributed by atoms with Gasteiger partial charge in [0.2, 0.25) is 0 Å². The van der Waals surface area contributed by atoms with Gasteiger partial charge in [-0.1, -0.05) is 29.8 Å². The summed E-state index contributed by atoms with van der Waals surface area (Å²) >= 11 is 7.98. The molecule has 0 aliphatic carbocycles. The van der Waals surface area contributed by atoms with Crippen molar-refractivity contribution in [2.45, 2.75) is 12.6 Å². The molecular weight excluding hydrogens is 306 g/mol. The molecule has 0 aliphatic heterocycles. The molecule has 2 aromatic heterocycles. The summed E-state index contributed by atoms with van der Waals surface area (Å²) in [5.41, 5.74) is 8.38. The number of nitrogens with zero attached hydrogens (tertiary/aromatic N) is 2. The number of benzene rings is 1. The number of hydrogen-bond donors (Lipinski definition) is 1. The van der Waals surface area contributed by atoms with Gasteiger partial charge in [0.1, 0.15) is 0 Å². The highest BCUT2D eigenvalue weighted by molar-refractivity contribution is 7.17. The first-order valence-electron chi connectivity index (χ1n) is 6.64. The first-order valence-corrected chi connectivity index (χ1v) is 7.90. The van der Waals surface area contributed by atoms with E-state index in [1.807, 2.05) is 16.8 Å². The van der Waals surface area contributed by atoms with E-state index in [2.05, 4.69) is 22.6 Å². The lowest BCUT2D eigenvalue weighted by Crippen LogP contribution is -2.19. The fraction of sp³-hybridized carbons (Fsp3) is 0.267. The van der Waals surface area contributed by atoms with Crippen LogP contribution in [-0.2, 0) is 11.3 Å². The third-order valence-corrected chi connectivity index (χ3v) is 4.75. The molecule has 3 aromatic rings. The molecule has 0 saturated heterocycles. The third kappa shape index (κ3) is 2.70. The zero-order valence-corrected chi connectivity index (χ0v) is 13.2. The molecule has 6 heteroatoms. The number of nitrogens with two attached hydrogens (primary N) is 1. The van der Waals surface area contributed by atoms with Crippen molar-refractivity contribution in [2.24, 2.45) is 5.73 Å². The van der Waals surface area contributed by atoms with E-state index < -0.39 is 0 Å². The molecule has 1 atom stereocenters. The average molecular weight is 322 g/mol. The quantitative estimate of drug-likeness (QED) is 0.783.